The van der Waals surface area contributed by atoms with Gasteiger partial charge in [-0.2, -0.15) is 0 Å². The summed E-state index contributed by atoms with van der Waals surface area (Å²) in [4.78, 5) is 16.0. The number of ketones is 1. The van der Waals surface area contributed by atoms with E-state index in [2.05, 4.69) is 4.98 Å². The van der Waals surface area contributed by atoms with Gasteiger partial charge in [-0.25, -0.2) is 0 Å². The maximum Gasteiger partial charge on any atom is 0.137 e. The van der Waals surface area contributed by atoms with Crippen molar-refractivity contribution in [3.8, 4) is 0 Å². The number of carbonyl (C=O) groups is 1. The number of nitrogen functional groups attached to an aromatic ring is 1. The maximum atomic E-state index is 11.4. The highest BCUT2D eigenvalue weighted by Crippen LogP contribution is 2.29. The molecule has 0 atom stereocenters. The molecule has 0 aliphatic heterocycles. The molecule has 1 aromatic heterocycles. The minimum absolute atomic E-state index is 0.260. The number of hydrogen-bond donors (Lipinski definition) is 1. The fourth-order valence-electron chi connectivity index (χ4n) is 2.28. The number of nitrogens with two attached hydrogens (primary N) is 1. The SMILES string of the molecule is Nc1c2c(nc3ccccc13)CCC(=O)C2. The minimum Gasteiger partial charge on any atom is -0.398 e. The van der Waals surface area contributed by atoms with Gasteiger partial charge in [0.25, 0.3) is 0 Å². The van der Waals surface area contributed by atoms with Gasteiger partial charge in [-0.3, -0.25) is 9.78 Å². The molecule has 0 saturated heterocycles. The fourth-order valence-corrected chi connectivity index (χ4v) is 2.28. The molecular formula is C13H12N2O. The number of carbonyl (C=O) groups excluding carboxylic acids is 1. The first kappa shape index (κ1) is 9.33. The molecule has 3 heteroatoms. The summed E-state index contributed by atoms with van der Waals surface area (Å²) in [6, 6.07) is 7.81. The summed E-state index contributed by atoms with van der Waals surface area (Å²) in [5, 5.41) is 0.955. The van der Waals surface area contributed by atoms with Crippen molar-refractivity contribution in [3.05, 3.63) is 35.5 Å². The molecule has 1 aliphatic carbocycles. The van der Waals surface area contributed by atoms with Gasteiger partial charge in [-0.1, -0.05) is 18.2 Å². The zero-order chi connectivity index (χ0) is 11.1. The Morgan fingerprint density at radius 2 is 2.00 bits per heavy atom. The first-order valence-electron chi connectivity index (χ1n) is 5.43. The topological polar surface area (TPSA) is 56.0 Å². The Bertz CT molecular complexity index is 590. The van der Waals surface area contributed by atoms with E-state index in [0.717, 1.165) is 34.3 Å². The summed E-state index contributed by atoms with van der Waals surface area (Å²) >= 11 is 0. The second-order valence-corrected chi connectivity index (χ2v) is 4.18. The first-order valence-corrected chi connectivity index (χ1v) is 5.43. The van der Waals surface area contributed by atoms with Crippen molar-refractivity contribution in [2.45, 2.75) is 19.3 Å². The summed E-state index contributed by atoms with van der Waals surface area (Å²) in [6.07, 6.45) is 1.76. The van der Waals surface area contributed by atoms with Gasteiger partial charge in [0, 0.05) is 35.2 Å². The Hall–Kier alpha value is -1.90. The van der Waals surface area contributed by atoms with Crippen LogP contribution in [0.5, 0.6) is 0 Å². The molecule has 0 saturated carbocycles. The van der Waals surface area contributed by atoms with Crippen molar-refractivity contribution in [1.29, 1.82) is 0 Å². The lowest BCUT2D eigenvalue weighted by molar-refractivity contribution is -0.118. The quantitative estimate of drug-likeness (QED) is 0.725. The Labute approximate surface area is 93.3 Å². The van der Waals surface area contributed by atoms with Crippen LogP contribution in [0.15, 0.2) is 24.3 Å². The highest BCUT2D eigenvalue weighted by molar-refractivity contribution is 5.95. The average Bonchev–Trinajstić information content (AvgIpc) is 2.31. The molecular weight excluding hydrogens is 200 g/mol. The third-order valence-electron chi connectivity index (χ3n) is 3.14. The molecule has 80 valence electrons. The zero-order valence-corrected chi connectivity index (χ0v) is 8.86. The molecule has 0 fully saturated rings. The van der Waals surface area contributed by atoms with Crippen LogP contribution in [0.3, 0.4) is 0 Å². The highest BCUT2D eigenvalue weighted by atomic mass is 16.1. The number of aromatic nitrogens is 1. The molecule has 2 aromatic rings. The maximum absolute atomic E-state index is 11.4. The fraction of sp³-hybridized carbons (Fsp3) is 0.231. The van der Waals surface area contributed by atoms with Crippen LogP contribution >= 0.6 is 0 Å². The molecule has 1 aromatic carbocycles. The van der Waals surface area contributed by atoms with Crippen molar-refractivity contribution in [2.24, 2.45) is 0 Å². The van der Waals surface area contributed by atoms with Crippen LogP contribution in [-0.2, 0) is 17.6 Å². The van der Waals surface area contributed by atoms with E-state index in [-0.39, 0.29) is 5.78 Å². The summed E-state index contributed by atoms with van der Waals surface area (Å²) < 4.78 is 0. The van der Waals surface area contributed by atoms with Crippen LogP contribution in [0.4, 0.5) is 5.69 Å². The third kappa shape index (κ3) is 1.28. The van der Waals surface area contributed by atoms with Crippen LogP contribution in [0.25, 0.3) is 10.9 Å². The van der Waals surface area contributed by atoms with Gasteiger partial charge in [0.15, 0.2) is 0 Å². The number of rotatable bonds is 0. The van der Waals surface area contributed by atoms with E-state index in [1.165, 1.54) is 0 Å². The normalized spacial score (nSPS) is 15.1. The number of para-hydroxylation sites is 1. The molecule has 0 spiro atoms. The second-order valence-electron chi connectivity index (χ2n) is 4.18. The molecule has 0 amide bonds. The number of pyridine rings is 1. The van der Waals surface area contributed by atoms with Crippen molar-refractivity contribution >= 4 is 22.4 Å². The van der Waals surface area contributed by atoms with Crippen LogP contribution in [0.2, 0.25) is 0 Å². The minimum atomic E-state index is 0.260. The number of fused-ring (bicyclic) bond motifs is 2. The van der Waals surface area contributed by atoms with E-state index in [4.69, 9.17) is 5.73 Å². The summed E-state index contributed by atoms with van der Waals surface area (Å²) in [7, 11) is 0. The number of benzene rings is 1. The zero-order valence-electron chi connectivity index (χ0n) is 8.86. The van der Waals surface area contributed by atoms with Gasteiger partial charge in [0.1, 0.15) is 5.78 Å². The Morgan fingerprint density at radius 1 is 1.19 bits per heavy atom. The van der Waals surface area contributed by atoms with Crippen molar-refractivity contribution in [2.75, 3.05) is 5.73 Å². The summed E-state index contributed by atoms with van der Waals surface area (Å²) in [5.74, 6) is 0.260. The molecule has 3 nitrogen and oxygen atoms in total. The number of nitrogens with zero attached hydrogens (tertiary/aromatic N) is 1. The van der Waals surface area contributed by atoms with Crippen molar-refractivity contribution < 1.29 is 4.79 Å². The van der Waals surface area contributed by atoms with Crippen LogP contribution in [0, 0.1) is 0 Å². The van der Waals surface area contributed by atoms with Gasteiger partial charge in [-0.05, 0) is 12.5 Å². The van der Waals surface area contributed by atoms with Crippen LogP contribution < -0.4 is 5.73 Å². The van der Waals surface area contributed by atoms with Crippen molar-refractivity contribution in [3.63, 3.8) is 0 Å². The average molecular weight is 212 g/mol. The Morgan fingerprint density at radius 3 is 2.88 bits per heavy atom. The first-order chi connectivity index (χ1) is 7.75. The summed E-state index contributed by atoms with van der Waals surface area (Å²) in [6.45, 7) is 0. The number of Topliss-reactive ketones (excluding diaryl/α,β-unsaturated/α-hetero) is 1. The predicted molar refractivity (Wildman–Crippen MR) is 63.2 cm³/mol. The summed E-state index contributed by atoms with van der Waals surface area (Å²) in [5.41, 5.74) is 9.70. The van der Waals surface area contributed by atoms with E-state index < -0.39 is 0 Å². The monoisotopic (exact) mass is 212 g/mol. The standard InChI is InChI=1S/C13H12N2O/c14-13-9-3-1-2-4-11(9)15-12-6-5-8(16)7-10(12)13/h1-4H,5-7H2,(H2,14,15). The smallest absolute Gasteiger partial charge is 0.137 e. The third-order valence-corrected chi connectivity index (χ3v) is 3.14. The molecule has 1 aliphatic rings. The van der Waals surface area contributed by atoms with E-state index in [0.29, 0.717) is 12.8 Å². The molecule has 2 N–H and O–H groups in total. The number of aryl methyl sites for hydroxylation is 1. The molecule has 0 unspecified atom stereocenters. The molecule has 0 bridgehead atoms. The lowest BCUT2D eigenvalue weighted by Crippen LogP contribution is -2.17. The number of hydrogen-bond acceptors (Lipinski definition) is 3. The lowest BCUT2D eigenvalue weighted by atomic mass is 9.92. The van der Waals surface area contributed by atoms with E-state index >= 15 is 0 Å². The van der Waals surface area contributed by atoms with Crippen LogP contribution in [-0.4, -0.2) is 10.8 Å². The molecule has 1 heterocycles. The van der Waals surface area contributed by atoms with E-state index in [9.17, 15) is 4.79 Å². The lowest BCUT2D eigenvalue weighted by Gasteiger charge is -2.17. The van der Waals surface area contributed by atoms with E-state index in [1.54, 1.807) is 0 Å². The highest BCUT2D eigenvalue weighted by Gasteiger charge is 2.20. The van der Waals surface area contributed by atoms with Gasteiger partial charge >= 0.3 is 0 Å². The molecule has 16 heavy (non-hydrogen) atoms. The number of anilines is 1. The van der Waals surface area contributed by atoms with Gasteiger partial charge in [0.2, 0.25) is 0 Å². The molecule has 0 radical (unpaired) electrons. The second kappa shape index (κ2) is 3.30. The van der Waals surface area contributed by atoms with Gasteiger partial charge < -0.3 is 5.73 Å². The predicted octanol–water partition coefficient (Wildman–Crippen LogP) is 1.87. The largest absolute Gasteiger partial charge is 0.398 e. The van der Waals surface area contributed by atoms with E-state index in [1.807, 2.05) is 24.3 Å². The van der Waals surface area contributed by atoms with Crippen LogP contribution in [0.1, 0.15) is 17.7 Å². The Balaban J connectivity index is 2.33. The van der Waals surface area contributed by atoms with Gasteiger partial charge in [0.05, 0.1) is 5.52 Å². The molecule has 3 rings (SSSR count). The van der Waals surface area contributed by atoms with Gasteiger partial charge in [-0.15, -0.1) is 0 Å². The van der Waals surface area contributed by atoms with Crippen molar-refractivity contribution in [1.82, 2.24) is 4.98 Å². The Kier molecular flexibility index (Phi) is 1.93.